The van der Waals surface area contributed by atoms with Gasteiger partial charge in [-0.1, -0.05) is 13.8 Å². The van der Waals surface area contributed by atoms with Crippen LogP contribution < -0.4 is 5.32 Å². The molecule has 0 aromatic carbocycles. The lowest BCUT2D eigenvalue weighted by Crippen LogP contribution is -2.58. The smallest absolute Gasteiger partial charge is 0.324 e. The van der Waals surface area contributed by atoms with E-state index in [4.69, 9.17) is 0 Å². The van der Waals surface area contributed by atoms with Crippen LogP contribution in [0.2, 0.25) is 0 Å². The van der Waals surface area contributed by atoms with Crippen LogP contribution >= 0.6 is 0 Å². The second kappa shape index (κ2) is 3.54. The number of carbonyl (C=O) groups is 1. The van der Waals surface area contributed by atoms with Gasteiger partial charge in [0.15, 0.2) is 0 Å². The largest absolute Gasteiger partial charge is 0.480 e. The van der Waals surface area contributed by atoms with Crippen LogP contribution in [0.25, 0.3) is 0 Å². The summed E-state index contributed by atoms with van der Waals surface area (Å²) in [4.78, 5) is 11.3. The molecule has 1 aliphatic rings. The Kier molecular flexibility index (Phi) is 2.91. The molecule has 3 heteroatoms. The fourth-order valence-corrected chi connectivity index (χ4v) is 1.78. The Morgan fingerprint density at radius 3 is 2.43 bits per heavy atom. The molecule has 82 valence electrons. The lowest BCUT2D eigenvalue weighted by atomic mass is 9.83. The average molecular weight is 199 g/mol. The van der Waals surface area contributed by atoms with E-state index in [-0.39, 0.29) is 11.5 Å². The van der Waals surface area contributed by atoms with Gasteiger partial charge in [0.2, 0.25) is 0 Å². The van der Waals surface area contributed by atoms with Gasteiger partial charge in [-0.15, -0.1) is 0 Å². The molecular formula is C11H21NO2. The third-order valence-corrected chi connectivity index (χ3v) is 3.78. The molecule has 0 bridgehead atoms. The molecule has 2 N–H and O–H groups in total. The highest BCUT2D eigenvalue weighted by Crippen LogP contribution is 2.53. The first-order chi connectivity index (χ1) is 6.35. The van der Waals surface area contributed by atoms with Crippen molar-refractivity contribution >= 4 is 5.97 Å². The third kappa shape index (κ3) is 1.78. The number of hydrogen-bond acceptors (Lipinski definition) is 2. The fraction of sp³-hybridized carbons (Fsp3) is 0.909. The summed E-state index contributed by atoms with van der Waals surface area (Å²) in [6.45, 7) is 7.97. The molecular weight excluding hydrogens is 178 g/mol. The minimum absolute atomic E-state index is 0.0533. The molecule has 1 saturated carbocycles. The summed E-state index contributed by atoms with van der Waals surface area (Å²) in [6, 6.07) is 0.258. The Labute approximate surface area is 85.9 Å². The van der Waals surface area contributed by atoms with Crippen molar-refractivity contribution in [3.63, 3.8) is 0 Å². The summed E-state index contributed by atoms with van der Waals surface area (Å²) < 4.78 is 0. The monoisotopic (exact) mass is 199 g/mol. The quantitative estimate of drug-likeness (QED) is 0.712. The Morgan fingerprint density at radius 1 is 1.64 bits per heavy atom. The van der Waals surface area contributed by atoms with Crippen LogP contribution in [-0.2, 0) is 4.79 Å². The highest BCUT2D eigenvalue weighted by atomic mass is 16.4. The van der Waals surface area contributed by atoms with Crippen LogP contribution in [0.5, 0.6) is 0 Å². The van der Waals surface area contributed by atoms with Crippen molar-refractivity contribution < 1.29 is 9.90 Å². The maximum atomic E-state index is 11.3. The van der Waals surface area contributed by atoms with Gasteiger partial charge in [-0.05, 0) is 38.5 Å². The van der Waals surface area contributed by atoms with Gasteiger partial charge in [0.25, 0.3) is 0 Å². The number of hydrogen-bond donors (Lipinski definition) is 2. The van der Waals surface area contributed by atoms with Gasteiger partial charge in [0.1, 0.15) is 5.54 Å². The van der Waals surface area contributed by atoms with Crippen molar-refractivity contribution in [3.8, 4) is 0 Å². The highest BCUT2D eigenvalue weighted by Gasteiger charge is 2.57. The van der Waals surface area contributed by atoms with Gasteiger partial charge >= 0.3 is 5.97 Å². The molecule has 1 fully saturated rings. The SMILES string of the molecule is CCC(C)NC(C)(C(=O)O)C1(C)CC1. The fourth-order valence-electron chi connectivity index (χ4n) is 1.78. The molecule has 0 aromatic rings. The van der Waals surface area contributed by atoms with Crippen molar-refractivity contribution in [2.45, 2.75) is 58.5 Å². The standard InChI is InChI=1S/C11H21NO2/c1-5-8(2)12-11(4,9(13)14)10(3)6-7-10/h8,12H,5-7H2,1-4H3,(H,13,14). The summed E-state index contributed by atoms with van der Waals surface area (Å²) in [6.07, 6.45) is 2.98. The zero-order valence-corrected chi connectivity index (χ0v) is 9.55. The molecule has 0 radical (unpaired) electrons. The normalized spacial score (nSPS) is 25.1. The Morgan fingerprint density at radius 2 is 2.14 bits per heavy atom. The van der Waals surface area contributed by atoms with Gasteiger partial charge in [-0.2, -0.15) is 0 Å². The number of rotatable bonds is 5. The second-order valence-electron chi connectivity index (χ2n) is 4.94. The number of carboxylic acids is 1. The van der Waals surface area contributed by atoms with E-state index >= 15 is 0 Å². The Balaban J connectivity index is 2.77. The van der Waals surface area contributed by atoms with Crippen LogP contribution in [-0.4, -0.2) is 22.7 Å². The van der Waals surface area contributed by atoms with Gasteiger partial charge in [0.05, 0.1) is 0 Å². The zero-order valence-electron chi connectivity index (χ0n) is 9.55. The maximum absolute atomic E-state index is 11.3. The third-order valence-electron chi connectivity index (χ3n) is 3.78. The van der Waals surface area contributed by atoms with Crippen molar-refractivity contribution in [2.24, 2.45) is 5.41 Å². The Bertz CT molecular complexity index is 235. The van der Waals surface area contributed by atoms with Crippen molar-refractivity contribution in [2.75, 3.05) is 0 Å². The van der Waals surface area contributed by atoms with E-state index in [1.165, 1.54) is 0 Å². The predicted octanol–water partition coefficient (Wildman–Crippen LogP) is 2.02. The van der Waals surface area contributed by atoms with E-state index in [1.54, 1.807) is 0 Å². The first-order valence-corrected chi connectivity index (χ1v) is 5.37. The average Bonchev–Trinajstić information content (AvgIpc) is 2.84. The van der Waals surface area contributed by atoms with E-state index in [2.05, 4.69) is 19.2 Å². The summed E-state index contributed by atoms with van der Waals surface area (Å²) >= 11 is 0. The molecule has 0 heterocycles. The molecule has 0 saturated heterocycles. The molecule has 0 aromatic heterocycles. The topological polar surface area (TPSA) is 49.3 Å². The molecule has 1 aliphatic carbocycles. The van der Waals surface area contributed by atoms with Gasteiger partial charge in [-0.3, -0.25) is 10.1 Å². The lowest BCUT2D eigenvalue weighted by Gasteiger charge is -2.35. The van der Waals surface area contributed by atoms with Crippen LogP contribution in [0.4, 0.5) is 0 Å². The van der Waals surface area contributed by atoms with Crippen molar-refractivity contribution in [1.82, 2.24) is 5.32 Å². The lowest BCUT2D eigenvalue weighted by molar-refractivity contribution is -0.147. The number of aliphatic carboxylic acids is 1. The minimum Gasteiger partial charge on any atom is -0.480 e. The second-order valence-corrected chi connectivity index (χ2v) is 4.94. The van der Waals surface area contributed by atoms with Crippen LogP contribution in [0.3, 0.4) is 0 Å². The van der Waals surface area contributed by atoms with Gasteiger partial charge in [-0.25, -0.2) is 0 Å². The van der Waals surface area contributed by atoms with E-state index in [0.717, 1.165) is 19.3 Å². The molecule has 14 heavy (non-hydrogen) atoms. The van der Waals surface area contributed by atoms with E-state index in [0.29, 0.717) is 0 Å². The maximum Gasteiger partial charge on any atom is 0.324 e. The molecule has 3 nitrogen and oxygen atoms in total. The molecule has 0 spiro atoms. The van der Waals surface area contributed by atoms with Gasteiger partial charge < -0.3 is 5.11 Å². The summed E-state index contributed by atoms with van der Waals surface area (Å²) in [5, 5.41) is 12.5. The molecule has 2 unspecified atom stereocenters. The molecule has 2 atom stereocenters. The minimum atomic E-state index is -0.761. The van der Waals surface area contributed by atoms with Gasteiger partial charge in [0, 0.05) is 6.04 Å². The van der Waals surface area contributed by atoms with Crippen molar-refractivity contribution in [3.05, 3.63) is 0 Å². The first-order valence-electron chi connectivity index (χ1n) is 5.37. The summed E-state index contributed by atoms with van der Waals surface area (Å²) in [5.41, 5.74) is -0.815. The number of nitrogens with one attached hydrogen (secondary N) is 1. The van der Waals surface area contributed by atoms with Crippen LogP contribution in [0.1, 0.15) is 47.0 Å². The van der Waals surface area contributed by atoms with Crippen molar-refractivity contribution in [1.29, 1.82) is 0 Å². The number of carboxylic acid groups (broad SMARTS) is 1. The first kappa shape index (κ1) is 11.5. The highest BCUT2D eigenvalue weighted by molar-refractivity contribution is 5.80. The summed E-state index contributed by atoms with van der Waals surface area (Å²) in [7, 11) is 0. The van der Waals surface area contributed by atoms with E-state index in [1.807, 2.05) is 13.8 Å². The summed E-state index contributed by atoms with van der Waals surface area (Å²) in [5.74, 6) is -0.724. The Hall–Kier alpha value is -0.570. The van der Waals surface area contributed by atoms with Crippen LogP contribution in [0, 0.1) is 5.41 Å². The van der Waals surface area contributed by atoms with E-state index in [9.17, 15) is 9.90 Å². The molecule has 1 rings (SSSR count). The van der Waals surface area contributed by atoms with E-state index < -0.39 is 11.5 Å². The van der Waals surface area contributed by atoms with Crippen LogP contribution in [0.15, 0.2) is 0 Å². The zero-order chi connectivity index (χ0) is 11.0. The molecule has 0 aliphatic heterocycles. The predicted molar refractivity (Wildman–Crippen MR) is 56.3 cm³/mol. The molecule has 0 amide bonds.